The molecule has 6 nitrogen and oxygen atoms in total. The molecule has 0 aliphatic rings. The van der Waals surface area contributed by atoms with E-state index in [-0.39, 0.29) is 0 Å². The van der Waals surface area contributed by atoms with Gasteiger partial charge in [-0.15, -0.1) is 0 Å². The Bertz CT molecular complexity index is 1710. The molecule has 0 bridgehead atoms. The Hall–Kier alpha value is -5.10. The SMILES string of the molecule is O=C(/C=C\C(=O)Oc1cccc2nc3ccccc3cc12)Oc1cccc2nc3ccccc3cc12. The number of ether oxygens (including phenoxy) is 2. The first-order valence-corrected chi connectivity index (χ1v) is 11.3. The number of nitrogens with zero attached hydrogens (tertiary/aromatic N) is 2. The molecule has 0 aliphatic heterocycles. The van der Waals surface area contributed by atoms with E-state index < -0.39 is 11.9 Å². The van der Waals surface area contributed by atoms with Crippen LogP contribution in [0.25, 0.3) is 43.6 Å². The summed E-state index contributed by atoms with van der Waals surface area (Å²) < 4.78 is 11.0. The molecule has 4 aromatic carbocycles. The molecule has 6 heteroatoms. The van der Waals surface area contributed by atoms with Crippen LogP contribution in [0, 0.1) is 0 Å². The van der Waals surface area contributed by atoms with Crippen LogP contribution in [0.1, 0.15) is 0 Å². The molecule has 6 aromatic rings. The fraction of sp³-hybridized carbons (Fsp3) is 0. The van der Waals surface area contributed by atoms with Crippen LogP contribution in [0.2, 0.25) is 0 Å². The molecule has 172 valence electrons. The van der Waals surface area contributed by atoms with Gasteiger partial charge in [0.25, 0.3) is 0 Å². The Balaban J connectivity index is 1.21. The molecular weight excluding hydrogens is 452 g/mol. The minimum absolute atomic E-state index is 0.362. The third-order valence-electron chi connectivity index (χ3n) is 5.82. The summed E-state index contributed by atoms with van der Waals surface area (Å²) in [5, 5.41) is 3.28. The van der Waals surface area contributed by atoms with E-state index >= 15 is 0 Å². The average Bonchev–Trinajstić information content (AvgIpc) is 2.90. The predicted molar refractivity (Wildman–Crippen MR) is 139 cm³/mol. The maximum Gasteiger partial charge on any atom is 0.336 e. The van der Waals surface area contributed by atoms with Crippen LogP contribution in [-0.2, 0) is 9.59 Å². The van der Waals surface area contributed by atoms with Crippen LogP contribution in [0.3, 0.4) is 0 Å². The molecule has 2 heterocycles. The van der Waals surface area contributed by atoms with Gasteiger partial charge in [0.05, 0.1) is 22.1 Å². The summed E-state index contributed by atoms with van der Waals surface area (Å²) in [7, 11) is 0. The molecule has 36 heavy (non-hydrogen) atoms. The maximum atomic E-state index is 12.5. The number of carbonyl (C=O) groups is 2. The molecule has 0 atom stereocenters. The highest BCUT2D eigenvalue weighted by Gasteiger charge is 2.11. The van der Waals surface area contributed by atoms with Crippen LogP contribution in [0.15, 0.2) is 109 Å². The Morgan fingerprint density at radius 1 is 0.528 bits per heavy atom. The highest BCUT2D eigenvalue weighted by Crippen LogP contribution is 2.29. The van der Waals surface area contributed by atoms with Crippen LogP contribution in [0.4, 0.5) is 0 Å². The van der Waals surface area contributed by atoms with Gasteiger partial charge in [-0.2, -0.15) is 0 Å². The van der Waals surface area contributed by atoms with Crippen molar-refractivity contribution in [3.05, 3.63) is 109 Å². The lowest BCUT2D eigenvalue weighted by Gasteiger charge is -2.08. The minimum Gasteiger partial charge on any atom is -0.423 e. The lowest BCUT2D eigenvalue weighted by atomic mass is 10.1. The highest BCUT2D eigenvalue weighted by molar-refractivity contribution is 6.00. The second-order valence-electron chi connectivity index (χ2n) is 8.18. The molecule has 2 aromatic heterocycles. The van der Waals surface area contributed by atoms with Gasteiger partial charge >= 0.3 is 11.9 Å². The fourth-order valence-electron chi connectivity index (χ4n) is 4.14. The zero-order chi connectivity index (χ0) is 24.5. The second kappa shape index (κ2) is 8.92. The summed E-state index contributed by atoms with van der Waals surface area (Å²) in [5.74, 6) is -0.669. The quantitative estimate of drug-likeness (QED) is 0.133. The van der Waals surface area contributed by atoms with Gasteiger partial charge in [-0.1, -0.05) is 48.5 Å². The second-order valence-corrected chi connectivity index (χ2v) is 8.18. The van der Waals surface area contributed by atoms with Crippen molar-refractivity contribution >= 4 is 55.6 Å². The zero-order valence-electron chi connectivity index (χ0n) is 18.9. The van der Waals surface area contributed by atoms with Crippen LogP contribution < -0.4 is 9.47 Å². The van der Waals surface area contributed by atoms with Crippen molar-refractivity contribution in [2.75, 3.05) is 0 Å². The Labute approximate surface area is 205 Å². The number of rotatable bonds is 4. The van der Waals surface area contributed by atoms with Crippen molar-refractivity contribution in [1.82, 2.24) is 9.97 Å². The van der Waals surface area contributed by atoms with Gasteiger partial charge in [-0.25, -0.2) is 19.6 Å². The van der Waals surface area contributed by atoms with Gasteiger partial charge in [0.1, 0.15) is 11.5 Å². The van der Waals surface area contributed by atoms with E-state index in [0.717, 1.165) is 34.0 Å². The van der Waals surface area contributed by atoms with Gasteiger partial charge in [0.15, 0.2) is 0 Å². The first kappa shape index (κ1) is 21.4. The molecule has 0 N–H and O–H groups in total. The zero-order valence-corrected chi connectivity index (χ0v) is 18.9. The molecule has 0 aliphatic carbocycles. The number of para-hydroxylation sites is 2. The van der Waals surface area contributed by atoms with Crippen LogP contribution >= 0.6 is 0 Å². The lowest BCUT2D eigenvalue weighted by Crippen LogP contribution is -2.08. The summed E-state index contributed by atoms with van der Waals surface area (Å²) in [6.07, 6.45) is 2.10. The molecule has 0 spiro atoms. The standard InChI is InChI=1S/C30H18N2O4/c33-29(35-27-13-5-11-25-21(27)17-19-7-1-3-9-23(19)31-25)15-16-30(34)36-28-14-6-12-26-22(28)18-20-8-2-4-10-24(20)32-26/h1-18H/b16-15-. The number of fused-ring (bicyclic) bond motifs is 4. The third kappa shape index (κ3) is 4.12. The largest absolute Gasteiger partial charge is 0.423 e. The van der Waals surface area contributed by atoms with E-state index in [4.69, 9.17) is 9.47 Å². The minimum atomic E-state index is -0.696. The van der Waals surface area contributed by atoms with Crippen LogP contribution in [-0.4, -0.2) is 21.9 Å². The van der Waals surface area contributed by atoms with Gasteiger partial charge < -0.3 is 9.47 Å². The third-order valence-corrected chi connectivity index (χ3v) is 5.82. The van der Waals surface area contributed by atoms with Crippen molar-refractivity contribution in [2.24, 2.45) is 0 Å². The normalized spacial score (nSPS) is 11.4. The number of hydrogen-bond acceptors (Lipinski definition) is 6. The lowest BCUT2D eigenvalue weighted by molar-refractivity contribution is -0.131. The molecule has 0 amide bonds. The summed E-state index contributed by atoms with van der Waals surface area (Å²) in [6, 6.07) is 29.9. The number of pyridine rings is 2. The van der Waals surface area contributed by atoms with Gasteiger partial charge in [0, 0.05) is 33.7 Å². The number of benzene rings is 4. The van der Waals surface area contributed by atoms with E-state index in [0.29, 0.717) is 33.3 Å². The smallest absolute Gasteiger partial charge is 0.336 e. The fourth-order valence-corrected chi connectivity index (χ4v) is 4.14. The van der Waals surface area contributed by atoms with Crippen molar-refractivity contribution in [3.8, 4) is 11.5 Å². The number of carbonyl (C=O) groups excluding carboxylic acids is 2. The first-order valence-electron chi connectivity index (χ1n) is 11.3. The monoisotopic (exact) mass is 470 g/mol. The number of esters is 2. The molecule has 6 rings (SSSR count). The molecule has 0 unspecified atom stereocenters. The highest BCUT2D eigenvalue weighted by atomic mass is 16.5. The van der Waals surface area contributed by atoms with Gasteiger partial charge in [-0.05, 0) is 48.5 Å². The molecule has 0 fully saturated rings. The molecule has 0 saturated heterocycles. The first-order chi connectivity index (χ1) is 17.6. The average molecular weight is 470 g/mol. The Kier molecular flexibility index (Phi) is 5.31. The van der Waals surface area contributed by atoms with Crippen molar-refractivity contribution in [3.63, 3.8) is 0 Å². The molecule has 0 radical (unpaired) electrons. The Morgan fingerprint density at radius 3 is 1.42 bits per heavy atom. The molecule has 0 saturated carbocycles. The van der Waals surface area contributed by atoms with E-state index in [2.05, 4.69) is 9.97 Å². The summed E-state index contributed by atoms with van der Waals surface area (Å²) in [4.78, 5) is 34.2. The van der Waals surface area contributed by atoms with E-state index in [1.807, 2.05) is 72.8 Å². The van der Waals surface area contributed by atoms with Crippen molar-refractivity contribution in [2.45, 2.75) is 0 Å². The van der Waals surface area contributed by atoms with E-state index in [1.54, 1.807) is 24.3 Å². The van der Waals surface area contributed by atoms with E-state index in [1.165, 1.54) is 0 Å². The summed E-state index contributed by atoms with van der Waals surface area (Å²) in [5.41, 5.74) is 3.12. The predicted octanol–water partition coefficient (Wildman–Crippen LogP) is 6.16. The summed E-state index contributed by atoms with van der Waals surface area (Å²) in [6.45, 7) is 0. The van der Waals surface area contributed by atoms with Crippen LogP contribution in [0.5, 0.6) is 11.5 Å². The van der Waals surface area contributed by atoms with E-state index in [9.17, 15) is 9.59 Å². The van der Waals surface area contributed by atoms with Crippen molar-refractivity contribution in [1.29, 1.82) is 0 Å². The van der Waals surface area contributed by atoms with Crippen molar-refractivity contribution < 1.29 is 19.1 Å². The maximum absolute atomic E-state index is 12.5. The van der Waals surface area contributed by atoms with Gasteiger partial charge in [-0.3, -0.25) is 0 Å². The number of aromatic nitrogens is 2. The topological polar surface area (TPSA) is 78.4 Å². The molecular formula is C30H18N2O4. The van der Waals surface area contributed by atoms with Gasteiger partial charge in [0.2, 0.25) is 0 Å². The number of hydrogen-bond donors (Lipinski definition) is 0. The summed E-state index contributed by atoms with van der Waals surface area (Å²) >= 11 is 0. The Morgan fingerprint density at radius 2 is 0.944 bits per heavy atom.